The zero-order valence-corrected chi connectivity index (χ0v) is 19.6. The van der Waals surface area contributed by atoms with Crippen molar-refractivity contribution in [1.29, 1.82) is 0 Å². The van der Waals surface area contributed by atoms with E-state index in [0.717, 1.165) is 44.9 Å². The van der Waals surface area contributed by atoms with Gasteiger partial charge < -0.3 is 21.1 Å². The van der Waals surface area contributed by atoms with E-state index in [1.165, 1.54) is 5.56 Å². The second-order valence-electron chi connectivity index (χ2n) is 10.5. The number of aliphatic hydroxyl groups is 1. The fraction of sp³-hybridized carbons (Fsp3) is 0.615. The Labute approximate surface area is 192 Å². The Bertz CT molecular complexity index is 837. The number of carbonyl (C=O) groups is 2. The Morgan fingerprint density at radius 2 is 2.19 bits per heavy atom. The lowest BCUT2D eigenvalue weighted by Crippen LogP contribution is -2.49. The fourth-order valence-electron chi connectivity index (χ4n) is 5.74. The van der Waals surface area contributed by atoms with Crippen LogP contribution in [0, 0.1) is 5.41 Å². The third-order valence-electron chi connectivity index (χ3n) is 7.22. The Morgan fingerprint density at radius 3 is 2.88 bits per heavy atom. The Balaban J connectivity index is 1.64. The number of rotatable bonds is 11. The van der Waals surface area contributed by atoms with E-state index < -0.39 is 6.61 Å². The molecule has 2 aliphatic rings. The summed E-state index contributed by atoms with van der Waals surface area (Å²) in [5.41, 5.74) is 7.26. The minimum absolute atomic E-state index is 0.0665. The molecule has 0 saturated carbocycles. The molecule has 2 saturated heterocycles. The first-order valence-electron chi connectivity index (χ1n) is 11.8. The van der Waals surface area contributed by atoms with Gasteiger partial charge in [-0.1, -0.05) is 32.1 Å². The minimum atomic E-state index is -0.450. The quantitative estimate of drug-likeness (QED) is 0.459. The maximum absolute atomic E-state index is 12.4. The molecule has 2 amide bonds. The predicted molar refractivity (Wildman–Crippen MR) is 127 cm³/mol. The van der Waals surface area contributed by atoms with Gasteiger partial charge in [0.05, 0.1) is 0 Å². The van der Waals surface area contributed by atoms with Gasteiger partial charge in [0, 0.05) is 30.2 Å². The second-order valence-corrected chi connectivity index (χ2v) is 10.5. The monoisotopic (exact) mass is 441 g/mol. The summed E-state index contributed by atoms with van der Waals surface area (Å²) in [5, 5.41) is 13.3. The highest BCUT2D eigenvalue weighted by atomic mass is 16.3. The van der Waals surface area contributed by atoms with Gasteiger partial charge in [0.15, 0.2) is 0 Å². The standard InChI is InChI=1S/C26H39N3O3/c1-4-10-25(2,3)18-29(23(31)17-30)13-6-11-26-12-9-22(28-26)15-21(16-26)19-7-5-8-20(14-19)24(27)32/h4-5,7-8,14,21-22,28,30H,1,6,9-13,15-18H2,2-3H3,(H2,27,32). The molecule has 0 radical (unpaired) electrons. The van der Waals surface area contributed by atoms with Crippen LogP contribution >= 0.6 is 0 Å². The van der Waals surface area contributed by atoms with Crippen LogP contribution in [0.3, 0.4) is 0 Å². The number of amides is 2. The molecule has 1 aromatic rings. The second kappa shape index (κ2) is 10.2. The van der Waals surface area contributed by atoms with E-state index in [0.29, 0.717) is 30.6 Å². The van der Waals surface area contributed by atoms with Gasteiger partial charge in [-0.2, -0.15) is 0 Å². The van der Waals surface area contributed by atoms with E-state index in [-0.39, 0.29) is 22.8 Å². The number of piperidine rings is 1. The number of nitrogens with one attached hydrogen (secondary N) is 1. The van der Waals surface area contributed by atoms with E-state index in [1.54, 1.807) is 6.07 Å². The Morgan fingerprint density at radius 1 is 1.41 bits per heavy atom. The van der Waals surface area contributed by atoms with Crippen molar-refractivity contribution in [2.75, 3.05) is 19.7 Å². The highest BCUT2D eigenvalue weighted by molar-refractivity contribution is 5.92. The van der Waals surface area contributed by atoms with E-state index in [2.05, 4.69) is 31.8 Å². The van der Waals surface area contributed by atoms with Crippen LogP contribution < -0.4 is 11.1 Å². The van der Waals surface area contributed by atoms with Gasteiger partial charge in [-0.15, -0.1) is 6.58 Å². The van der Waals surface area contributed by atoms with Crippen molar-refractivity contribution < 1.29 is 14.7 Å². The summed E-state index contributed by atoms with van der Waals surface area (Å²) in [7, 11) is 0. The summed E-state index contributed by atoms with van der Waals surface area (Å²) in [6, 6.07) is 8.26. The van der Waals surface area contributed by atoms with Crippen molar-refractivity contribution in [3.63, 3.8) is 0 Å². The lowest BCUT2D eigenvalue weighted by molar-refractivity contribution is -0.135. The number of benzene rings is 1. The lowest BCUT2D eigenvalue weighted by atomic mass is 9.77. The molecule has 3 rings (SSSR count). The fourth-order valence-corrected chi connectivity index (χ4v) is 5.74. The maximum Gasteiger partial charge on any atom is 0.248 e. The topological polar surface area (TPSA) is 95.7 Å². The van der Waals surface area contributed by atoms with Gasteiger partial charge in [0.2, 0.25) is 11.8 Å². The summed E-state index contributed by atoms with van der Waals surface area (Å²) in [6.07, 6.45) is 9.00. The number of nitrogens with zero attached hydrogens (tertiary/aromatic N) is 1. The average Bonchev–Trinajstić information content (AvgIpc) is 3.06. The van der Waals surface area contributed by atoms with Gasteiger partial charge in [-0.3, -0.25) is 9.59 Å². The maximum atomic E-state index is 12.4. The van der Waals surface area contributed by atoms with E-state index in [4.69, 9.17) is 5.73 Å². The van der Waals surface area contributed by atoms with Crippen LogP contribution in [0.1, 0.15) is 80.6 Å². The van der Waals surface area contributed by atoms with Crippen LogP contribution in [0.5, 0.6) is 0 Å². The zero-order chi connectivity index (χ0) is 23.4. The molecule has 176 valence electrons. The molecule has 3 unspecified atom stereocenters. The molecular formula is C26H39N3O3. The van der Waals surface area contributed by atoms with Crippen molar-refractivity contribution in [2.24, 2.45) is 11.1 Å². The van der Waals surface area contributed by atoms with Gasteiger partial charge in [-0.05, 0) is 74.0 Å². The number of aliphatic hydroxyl groups excluding tert-OH is 1. The van der Waals surface area contributed by atoms with E-state index >= 15 is 0 Å². The SMILES string of the molecule is C=CCC(C)(C)CN(CCCC12CCC(CC(c3cccc(C(N)=O)c3)C1)N2)C(=O)CO. The number of fused-ring (bicyclic) bond motifs is 2. The summed E-state index contributed by atoms with van der Waals surface area (Å²) in [6.45, 7) is 8.89. The summed E-state index contributed by atoms with van der Waals surface area (Å²) in [5.74, 6) is -0.182. The average molecular weight is 442 g/mol. The largest absolute Gasteiger partial charge is 0.387 e. The van der Waals surface area contributed by atoms with Crippen molar-refractivity contribution in [2.45, 2.75) is 76.3 Å². The molecular weight excluding hydrogens is 402 g/mol. The normalized spacial score (nSPS) is 24.8. The van der Waals surface area contributed by atoms with Crippen molar-refractivity contribution in [3.8, 4) is 0 Å². The van der Waals surface area contributed by atoms with Crippen LogP contribution in [0.2, 0.25) is 0 Å². The molecule has 32 heavy (non-hydrogen) atoms. The predicted octanol–water partition coefficient (Wildman–Crippen LogP) is 3.36. The van der Waals surface area contributed by atoms with Crippen LogP contribution in [-0.4, -0.2) is 53.1 Å². The molecule has 2 aliphatic heterocycles. The number of allylic oxidation sites excluding steroid dienone is 1. The summed E-state index contributed by atoms with van der Waals surface area (Å²) < 4.78 is 0. The van der Waals surface area contributed by atoms with Gasteiger partial charge in [-0.25, -0.2) is 0 Å². The molecule has 2 heterocycles. The number of carbonyl (C=O) groups excluding carboxylic acids is 2. The van der Waals surface area contributed by atoms with Crippen LogP contribution in [-0.2, 0) is 4.79 Å². The third-order valence-corrected chi connectivity index (χ3v) is 7.22. The lowest BCUT2D eigenvalue weighted by Gasteiger charge is -2.40. The molecule has 6 heteroatoms. The molecule has 6 nitrogen and oxygen atoms in total. The highest BCUT2D eigenvalue weighted by Crippen LogP contribution is 2.45. The van der Waals surface area contributed by atoms with Crippen molar-refractivity contribution in [1.82, 2.24) is 10.2 Å². The highest BCUT2D eigenvalue weighted by Gasteiger charge is 2.45. The minimum Gasteiger partial charge on any atom is -0.387 e. The molecule has 0 spiro atoms. The molecule has 2 fully saturated rings. The first-order chi connectivity index (χ1) is 15.2. The molecule has 1 aromatic carbocycles. The van der Waals surface area contributed by atoms with Crippen molar-refractivity contribution in [3.05, 3.63) is 48.0 Å². The number of primary amides is 1. The number of hydrogen-bond acceptors (Lipinski definition) is 4. The number of nitrogens with two attached hydrogens (primary N) is 1. The van der Waals surface area contributed by atoms with E-state index in [1.807, 2.05) is 23.1 Å². The molecule has 0 aliphatic carbocycles. The summed E-state index contributed by atoms with van der Waals surface area (Å²) >= 11 is 0. The summed E-state index contributed by atoms with van der Waals surface area (Å²) in [4.78, 5) is 25.8. The molecule has 3 atom stereocenters. The van der Waals surface area contributed by atoms with Crippen molar-refractivity contribution >= 4 is 11.8 Å². The van der Waals surface area contributed by atoms with Crippen LogP contribution in [0.15, 0.2) is 36.9 Å². The van der Waals surface area contributed by atoms with Crippen LogP contribution in [0.25, 0.3) is 0 Å². The molecule has 0 aromatic heterocycles. The van der Waals surface area contributed by atoms with Gasteiger partial charge in [0.1, 0.15) is 6.61 Å². The zero-order valence-electron chi connectivity index (χ0n) is 19.6. The Kier molecular flexibility index (Phi) is 7.78. The first-order valence-corrected chi connectivity index (χ1v) is 11.8. The molecule has 2 bridgehead atoms. The Hall–Kier alpha value is -2.18. The molecule has 4 N–H and O–H groups in total. The van der Waals surface area contributed by atoms with Crippen LogP contribution in [0.4, 0.5) is 0 Å². The van der Waals surface area contributed by atoms with Gasteiger partial charge in [0.25, 0.3) is 0 Å². The number of hydrogen-bond donors (Lipinski definition) is 3. The van der Waals surface area contributed by atoms with E-state index in [9.17, 15) is 14.7 Å². The first kappa shape index (κ1) is 24.5. The third kappa shape index (κ3) is 5.99. The smallest absolute Gasteiger partial charge is 0.248 e. The van der Waals surface area contributed by atoms with Gasteiger partial charge >= 0.3 is 0 Å².